The number of carbonyl (C=O) groups excluding carboxylic acids is 1. The van der Waals surface area contributed by atoms with Crippen molar-refractivity contribution in [2.45, 2.75) is 37.6 Å². The second-order valence-electron chi connectivity index (χ2n) is 9.05. The van der Waals surface area contributed by atoms with Crippen LogP contribution in [0.2, 0.25) is 0 Å². The standard InChI is InChI=1S/C28H30N4O/c29-24(17-20-12-14-22(15-13-20)21-7-2-1-3-8-21)18-27(33)32-16-6-9-23(19-32)28-30-25-10-4-5-11-26(25)31-28/h1-5,7-8,10-15,23-24H,6,9,16-19,29H2,(H,30,31)/t23-,24-/m1/s1. The van der Waals surface area contributed by atoms with Gasteiger partial charge in [-0.15, -0.1) is 0 Å². The highest BCUT2D eigenvalue weighted by Crippen LogP contribution is 2.27. The monoisotopic (exact) mass is 438 g/mol. The largest absolute Gasteiger partial charge is 0.342 e. The number of para-hydroxylation sites is 2. The van der Waals surface area contributed by atoms with E-state index in [9.17, 15) is 4.79 Å². The molecule has 1 saturated heterocycles. The molecule has 1 aliphatic rings. The minimum atomic E-state index is -0.188. The highest BCUT2D eigenvalue weighted by molar-refractivity contribution is 5.77. The molecule has 5 heteroatoms. The molecule has 0 aliphatic carbocycles. The summed E-state index contributed by atoms with van der Waals surface area (Å²) >= 11 is 0. The SMILES string of the molecule is N[C@@H](CC(=O)N1CCC[C@@H](c2nc3ccccc3[nH]2)C1)Cc1ccc(-c2ccccc2)cc1. The molecule has 0 unspecified atom stereocenters. The fraction of sp³-hybridized carbons (Fsp3) is 0.286. The van der Waals surface area contributed by atoms with Crippen LogP contribution in [0.25, 0.3) is 22.2 Å². The van der Waals surface area contributed by atoms with Gasteiger partial charge in [-0.05, 0) is 48.1 Å². The molecule has 5 nitrogen and oxygen atoms in total. The second-order valence-corrected chi connectivity index (χ2v) is 9.05. The van der Waals surface area contributed by atoms with Gasteiger partial charge < -0.3 is 15.6 Å². The maximum absolute atomic E-state index is 13.0. The molecule has 168 valence electrons. The van der Waals surface area contributed by atoms with Crippen LogP contribution in [0.15, 0.2) is 78.9 Å². The van der Waals surface area contributed by atoms with Crippen molar-refractivity contribution in [3.63, 3.8) is 0 Å². The number of nitrogens with zero attached hydrogens (tertiary/aromatic N) is 2. The van der Waals surface area contributed by atoms with E-state index in [2.05, 4.69) is 41.4 Å². The molecule has 0 saturated carbocycles. The zero-order valence-electron chi connectivity index (χ0n) is 18.8. The summed E-state index contributed by atoms with van der Waals surface area (Å²) < 4.78 is 0. The zero-order valence-corrected chi connectivity index (χ0v) is 18.8. The number of amides is 1. The van der Waals surface area contributed by atoms with Crippen LogP contribution in [0.4, 0.5) is 0 Å². The first kappa shape index (κ1) is 21.4. The van der Waals surface area contributed by atoms with Crippen molar-refractivity contribution in [1.82, 2.24) is 14.9 Å². The van der Waals surface area contributed by atoms with E-state index >= 15 is 0 Å². The third-order valence-electron chi connectivity index (χ3n) is 6.56. The zero-order chi connectivity index (χ0) is 22.6. The summed E-state index contributed by atoms with van der Waals surface area (Å²) in [7, 11) is 0. The molecule has 1 aliphatic heterocycles. The number of aromatic nitrogens is 2. The topological polar surface area (TPSA) is 75.0 Å². The van der Waals surface area contributed by atoms with Gasteiger partial charge in [-0.2, -0.15) is 0 Å². The number of hydrogen-bond donors (Lipinski definition) is 2. The molecular formula is C28H30N4O. The molecule has 4 aromatic rings. The summed E-state index contributed by atoms with van der Waals surface area (Å²) in [5.41, 5.74) is 12.0. The van der Waals surface area contributed by atoms with Gasteiger partial charge in [-0.3, -0.25) is 4.79 Å². The van der Waals surface area contributed by atoms with E-state index in [-0.39, 0.29) is 17.9 Å². The lowest BCUT2D eigenvalue weighted by atomic mass is 9.96. The molecule has 0 spiro atoms. The molecule has 3 N–H and O–H groups in total. The van der Waals surface area contributed by atoms with Crippen molar-refractivity contribution >= 4 is 16.9 Å². The maximum atomic E-state index is 13.0. The molecule has 0 bridgehead atoms. The van der Waals surface area contributed by atoms with Crippen LogP contribution in [0.1, 0.15) is 36.6 Å². The van der Waals surface area contributed by atoms with Crippen LogP contribution in [0.5, 0.6) is 0 Å². The molecule has 3 aromatic carbocycles. The van der Waals surface area contributed by atoms with Gasteiger partial charge in [0.05, 0.1) is 11.0 Å². The van der Waals surface area contributed by atoms with Crippen molar-refractivity contribution < 1.29 is 4.79 Å². The average Bonchev–Trinajstić information content (AvgIpc) is 3.30. The van der Waals surface area contributed by atoms with E-state index in [1.165, 1.54) is 11.1 Å². The Morgan fingerprint density at radius 3 is 2.52 bits per heavy atom. The molecule has 2 heterocycles. The fourth-order valence-electron chi connectivity index (χ4n) is 4.78. The molecule has 1 amide bonds. The Morgan fingerprint density at radius 2 is 1.73 bits per heavy atom. The Morgan fingerprint density at radius 1 is 1.00 bits per heavy atom. The number of nitrogens with two attached hydrogens (primary N) is 1. The lowest BCUT2D eigenvalue weighted by Crippen LogP contribution is -2.42. The first-order valence-corrected chi connectivity index (χ1v) is 11.8. The Kier molecular flexibility index (Phi) is 6.22. The molecular weight excluding hydrogens is 408 g/mol. The highest BCUT2D eigenvalue weighted by atomic mass is 16.2. The quantitative estimate of drug-likeness (QED) is 0.450. The molecule has 0 radical (unpaired) electrons. The number of likely N-dealkylation sites (tertiary alicyclic amines) is 1. The van der Waals surface area contributed by atoms with E-state index in [1.54, 1.807) is 0 Å². The number of fused-ring (bicyclic) bond motifs is 1. The number of benzene rings is 3. The number of imidazole rings is 1. The van der Waals surface area contributed by atoms with E-state index in [1.807, 2.05) is 47.4 Å². The van der Waals surface area contributed by atoms with Gasteiger partial charge in [0.2, 0.25) is 5.91 Å². The normalized spacial score (nSPS) is 17.2. The molecule has 2 atom stereocenters. The predicted molar refractivity (Wildman–Crippen MR) is 133 cm³/mol. The predicted octanol–water partition coefficient (Wildman–Crippen LogP) is 4.90. The maximum Gasteiger partial charge on any atom is 0.224 e. The first-order chi connectivity index (χ1) is 16.2. The summed E-state index contributed by atoms with van der Waals surface area (Å²) in [4.78, 5) is 23.2. The summed E-state index contributed by atoms with van der Waals surface area (Å²) in [6.07, 6.45) is 3.10. The fourth-order valence-corrected chi connectivity index (χ4v) is 4.78. The van der Waals surface area contributed by atoms with Crippen LogP contribution >= 0.6 is 0 Å². The van der Waals surface area contributed by atoms with Gasteiger partial charge in [0.1, 0.15) is 5.82 Å². The third kappa shape index (κ3) is 4.99. The lowest BCUT2D eigenvalue weighted by molar-refractivity contribution is -0.132. The van der Waals surface area contributed by atoms with Gasteiger partial charge in [-0.1, -0.05) is 66.7 Å². The van der Waals surface area contributed by atoms with Crippen LogP contribution in [0, 0.1) is 0 Å². The number of carbonyl (C=O) groups is 1. The summed E-state index contributed by atoms with van der Waals surface area (Å²) in [6.45, 7) is 1.51. The van der Waals surface area contributed by atoms with Crippen LogP contribution in [-0.2, 0) is 11.2 Å². The van der Waals surface area contributed by atoms with Crippen molar-refractivity contribution in [2.75, 3.05) is 13.1 Å². The second kappa shape index (κ2) is 9.59. The van der Waals surface area contributed by atoms with E-state index in [0.29, 0.717) is 19.4 Å². The van der Waals surface area contributed by atoms with Gasteiger partial charge in [0.25, 0.3) is 0 Å². The van der Waals surface area contributed by atoms with E-state index in [4.69, 9.17) is 10.7 Å². The minimum Gasteiger partial charge on any atom is -0.342 e. The van der Waals surface area contributed by atoms with Crippen molar-refractivity contribution in [2.24, 2.45) is 5.73 Å². The van der Waals surface area contributed by atoms with Crippen molar-refractivity contribution in [3.8, 4) is 11.1 Å². The van der Waals surface area contributed by atoms with Gasteiger partial charge in [-0.25, -0.2) is 4.98 Å². The van der Waals surface area contributed by atoms with Gasteiger partial charge in [0.15, 0.2) is 0 Å². The number of nitrogens with one attached hydrogen (secondary N) is 1. The minimum absolute atomic E-state index is 0.143. The third-order valence-corrected chi connectivity index (χ3v) is 6.56. The highest BCUT2D eigenvalue weighted by Gasteiger charge is 2.27. The Hall–Kier alpha value is -3.44. The summed E-state index contributed by atoms with van der Waals surface area (Å²) in [5, 5.41) is 0. The smallest absolute Gasteiger partial charge is 0.224 e. The summed E-state index contributed by atoms with van der Waals surface area (Å²) in [5.74, 6) is 1.37. The van der Waals surface area contributed by atoms with E-state index in [0.717, 1.165) is 41.8 Å². The average molecular weight is 439 g/mol. The van der Waals surface area contributed by atoms with Crippen LogP contribution in [-0.4, -0.2) is 39.9 Å². The number of piperidine rings is 1. The molecule has 1 aromatic heterocycles. The van der Waals surface area contributed by atoms with Gasteiger partial charge in [0, 0.05) is 31.5 Å². The molecule has 33 heavy (non-hydrogen) atoms. The molecule has 1 fully saturated rings. The van der Waals surface area contributed by atoms with Crippen molar-refractivity contribution in [3.05, 3.63) is 90.3 Å². The van der Waals surface area contributed by atoms with Crippen molar-refractivity contribution in [1.29, 1.82) is 0 Å². The number of aromatic amines is 1. The summed E-state index contributed by atoms with van der Waals surface area (Å²) in [6, 6.07) is 26.7. The van der Waals surface area contributed by atoms with E-state index < -0.39 is 0 Å². The Balaban J connectivity index is 1.17. The Labute approximate surface area is 194 Å². The number of hydrogen-bond acceptors (Lipinski definition) is 3. The number of rotatable bonds is 6. The van der Waals surface area contributed by atoms with Crippen LogP contribution < -0.4 is 5.73 Å². The Bertz CT molecular complexity index is 1180. The van der Waals surface area contributed by atoms with Crippen LogP contribution in [0.3, 0.4) is 0 Å². The van der Waals surface area contributed by atoms with Gasteiger partial charge >= 0.3 is 0 Å². The lowest BCUT2D eigenvalue weighted by Gasteiger charge is -2.32. The molecule has 5 rings (SSSR count). The number of H-pyrrole nitrogens is 1. The first-order valence-electron chi connectivity index (χ1n) is 11.8.